The molecule has 0 aliphatic rings. The largest absolute Gasteiger partial charge is 0.461 e. The van der Waals surface area contributed by atoms with Crippen molar-refractivity contribution in [1.29, 1.82) is 0 Å². The van der Waals surface area contributed by atoms with Crippen molar-refractivity contribution in [3.05, 3.63) is 144 Å². The lowest BCUT2D eigenvalue weighted by molar-refractivity contribution is -0.150. The number of carbonyl (C=O) groups excluding carboxylic acids is 5. The molecular formula is C46H49N5O8. The number of fused-ring (bicyclic) bond motifs is 2. The summed E-state index contributed by atoms with van der Waals surface area (Å²) in [6.45, 7) is 5.13. The van der Waals surface area contributed by atoms with E-state index in [1.165, 1.54) is 0 Å². The maximum Gasteiger partial charge on any atom is 0.408 e. The van der Waals surface area contributed by atoms with E-state index in [0.717, 1.165) is 44.1 Å². The van der Waals surface area contributed by atoms with E-state index in [4.69, 9.17) is 14.2 Å². The number of rotatable bonds is 17. The van der Waals surface area contributed by atoms with Gasteiger partial charge in [0.2, 0.25) is 11.8 Å². The molecule has 2 aromatic heterocycles. The van der Waals surface area contributed by atoms with Gasteiger partial charge in [-0.15, -0.1) is 0 Å². The quantitative estimate of drug-likeness (QED) is 0.0508. The van der Waals surface area contributed by atoms with Gasteiger partial charge in [-0.05, 0) is 61.6 Å². The Bertz CT molecular complexity index is 2370. The Morgan fingerprint density at radius 1 is 0.576 bits per heavy atom. The topological polar surface area (TPSA) is 181 Å². The summed E-state index contributed by atoms with van der Waals surface area (Å²) < 4.78 is 16.6. The molecule has 0 saturated carbocycles. The monoisotopic (exact) mass is 799 g/mol. The number of aromatic nitrogens is 2. The fourth-order valence-corrected chi connectivity index (χ4v) is 6.60. The Balaban J connectivity index is 1.25. The summed E-state index contributed by atoms with van der Waals surface area (Å²) >= 11 is 0. The van der Waals surface area contributed by atoms with Crippen molar-refractivity contribution in [2.24, 2.45) is 0 Å². The molecule has 59 heavy (non-hydrogen) atoms. The summed E-state index contributed by atoms with van der Waals surface area (Å²) in [6, 6.07) is 29.6. The SMILES string of the molecule is CC(C)(C)OC(=O)N[C@@H](Cc1c[nH]c2ccccc12)C(=O)N[C@@H](Cc1c[nH]c2ccccc12)C(=O)N[C@@H](CCC(=O)OCc1ccccc1)C(=O)OCc1ccccc1. The highest BCUT2D eigenvalue weighted by molar-refractivity contribution is 5.95. The summed E-state index contributed by atoms with van der Waals surface area (Å²) in [5.74, 6) is -2.69. The maximum absolute atomic E-state index is 14.4. The number of para-hydroxylation sites is 2. The number of nitrogens with one attached hydrogen (secondary N) is 5. The van der Waals surface area contributed by atoms with Crippen LogP contribution in [0.2, 0.25) is 0 Å². The molecule has 5 N–H and O–H groups in total. The lowest BCUT2D eigenvalue weighted by atomic mass is 10.0. The molecule has 13 heteroatoms. The molecule has 13 nitrogen and oxygen atoms in total. The van der Waals surface area contributed by atoms with E-state index in [0.29, 0.717) is 0 Å². The number of alkyl carbamates (subject to hydrolysis) is 1. The lowest BCUT2D eigenvalue weighted by Crippen LogP contribution is -2.57. The Morgan fingerprint density at radius 3 is 1.56 bits per heavy atom. The average Bonchev–Trinajstić information content (AvgIpc) is 3.84. The van der Waals surface area contributed by atoms with Crippen molar-refractivity contribution < 1.29 is 38.2 Å². The summed E-state index contributed by atoms with van der Waals surface area (Å²) in [4.78, 5) is 74.9. The van der Waals surface area contributed by atoms with Gasteiger partial charge in [-0.1, -0.05) is 97.1 Å². The molecule has 0 aliphatic heterocycles. The Labute approximate surface area is 342 Å². The normalized spacial score (nSPS) is 12.9. The molecule has 2 heterocycles. The Hall–Kier alpha value is -6.89. The molecule has 0 unspecified atom stereocenters. The van der Waals surface area contributed by atoms with Gasteiger partial charge in [0.05, 0.1) is 0 Å². The Kier molecular flexibility index (Phi) is 13.8. The van der Waals surface area contributed by atoms with E-state index in [2.05, 4.69) is 25.9 Å². The number of esters is 2. The lowest BCUT2D eigenvalue weighted by Gasteiger charge is -2.26. The maximum atomic E-state index is 14.4. The highest BCUT2D eigenvalue weighted by Gasteiger charge is 2.33. The van der Waals surface area contributed by atoms with E-state index in [1.54, 1.807) is 45.3 Å². The third kappa shape index (κ3) is 12.1. The fourth-order valence-electron chi connectivity index (χ4n) is 6.60. The van der Waals surface area contributed by atoms with E-state index in [-0.39, 0.29) is 38.9 Å². The van der Waals surface area contributed by atoms with Crippen molar-refractivity contribution in [2.75, 3.05) is 0 Å². The van der Waals surface area contributed by atoms with Gasteiger partial charge in [0, 0.05) is 53.5 Å². The number of H-pyrrole nitrogens is 2. The smallest absolute Gasteiger partial charge is 0.408 e. The molecule has 4 aromatic carbocycles. The predicted molar refractivity (Wildman–Crippen MR) is 223 cm³/mol. The summed E-state index contributed by atoms with van der Waals surface area (Å²) in [5.41, 5.74) is 3.85. The van der Waals surface area contributed by atoms with Crippen LogP contribution < -0.4 is 16.0 Å². The van der Waals surface area contributed by atoms with E-state index < -0.39 is 53.6 Å². The van der Waals surface area contributed by atoms with Crippen LogP contribution in [0, 0.1) is 0 Å². The second kappa shape index (κ2) is 19.5. The van der Waals surface area contributed by atoms with Gasteiger partial charge in [-0.25, -0.2) is 9.59 Å². The number of hydrogen-bond acceptors (Lipinski definition) is 8. The van der Waals surface area contributed by atoms with E-state index >= 15 is 0 Å². The van der Waals surface area contributed by atoms with Gasteiger partial charge < -0.3 is 40.1 Å². The van der Waals surface area contributed by atoms with Crippen LogP contribution in [-0.4, -0.2) is 63.5 Å². The van der Waals surface area contributed by atoms with Gasteiger partial charge in [-0.2, -0.15) is 0 Å². The van der Waals surface area contributed by atoms with Gasteiger partial charge in [0.25, 0.3) is 0 Å². The van der Waals surface area contributed by atoms with Crippen LogP contribution in [0.3, 0.4) is 0 Å². The van der Waals surface area contributed by atoms with Gasteiger partial charge >= 0.3 is 18.0 Å². The van der Waals surface area contributed by atoms with Crippen LogP contribution in [0.4, 0.5) is 4.79 Å². The minimum Gasteiger partial charge on any atom is -0.461 e. The third-order valence-electron chi connectivity index (χ3n) is 9.54. The second-order valence-corrected chi connectivity index (χ2v) is 15.2. The van der Waals surface area contributed by atoms with Crippen molar-refractivity contribution in [3.63, 3.8) is 0 Å². The molecule has 3 atom stereocenters. The highest BCUT2D eigenvalue weighted by atomic mass is 16.6. The summed E-state index contributed by atoms with van der Waals surface area (Å²) in [7, 11) is 0. The first kappa shape index (κ1) is 41.7. The summed E-state index contributed by atoms with van der Waals surface area (Å²) in [6.07, 6.45) is 2.46. The van der Waals surface area contributed by atoms with Crippen LogP contribution in [-0.2, 0) is 59.4 Å². The van der Waals surface area contributed by atoms with Crippen LogP contribution >= 0.6 is 0 Å². The molecule has 306 valence electrons. The zero-order valence-electron chi connectivity index (χ0n) is 33.3. The number of aromatic amines is 2. The van der Waals surface area contributed by atoms with Gasteiger partial charge in [0.15, 0.2) is 0 Å². The number of carbonyl (C=O) groups is 5. The zero-order valence-corrected chi connectivity index (χ0v) is 33.3. The van der Waals surface area contributed by atoms with Crippen molar-refractivity contribution in [3.8, 4) is 0 Å². The molecule has 0 bridgehead atoms. The van der Waals surface area contributed by atoms with Crippen LogP contribution in [0.5, 0.6) is 0 Å². The number of hydrogen-bond donors (Lipinski definition) is 5. The molecule has 6 rings (SSSR count). The average molecular weight is 800 g/mol. The van der Waals surface area contributed by atoms with E-state index in [9.17, 15) is 24.0 Å². The number of ether oxygens (including phenoxy) is 3. The fraction of sp³-hybridized carbons (Fsp3) is 0.283. The standard InChI is InChI=1S/C46H49N5O8/c1-46(2,3)59-45(56)51-40(25-33-27-48-37-21-13-11-19-35(33)37)43(54)50-39(24-32-26-47-36-20-12-10-18-34(32)36)42(53)49-38(44(55)58-29-31-16-8-5-9-17-31)22-23-41(52)57-28-30-14-6-4-7-15-30/h4-21,26-27,38-40,47-48H,22-25,28-29H2,1-3H3,(H,49,53)(H,50,54)(H,51,56)/t38-,39-,40-/m0/s1. The van der Waals surface area contributed by atoms with Gasteiger partial charge in [-0.3, -0.25) is 14.4 Å². The minimum absolute atomic E-state index is 0.0126. The molecule has 6 aromatic rings. The molecule has 3 amide bonds. The minimum atomic E-state index is -1.28. The molecule has 0 aliphatic carbocycles. The summed E-state index contributed by atoms with van der Waals surface area (Å²) in [5, 5.41) is 10.0. The first-order chi connectivity index (χ1) is 28.4. The highest BCUT2D eigenvalue weighted by Crippen LogP contribution is 2.22. The first-order valence-electron chi connectivity index (χ1n) is 19.5. The third-order valence-corrected chi connectivity index (χ3v) is 9.54. The molecule has 0 spiro atoms. The van der Waals surface area contributed by atoms with Crippen LogP contribution in [0.15, 0.2) is 122 Å². The van der Waals surface area contributed by atoms with Gasteiger partial charge in [0.1, 0.15) is 36.9 Å². The molecule has 0 saturated heterocycles. The molecule has 0 radical (unpaired) electrons. The van der Waals surface area contributed by atoms with Crippen LogP contribution in [0.25, 0.3) is 21.8 Å². The number of amides is 3. The zero-order chi connectivity index (χ0) is 41.8. The Morgan fingerprint density at radius 2 is 1.03 bits per heavy atom. The van der Waals surface area contributed by atoms with Crippen molar-refractivity contribution in [1.82, 2.24) is 25.9 Å². The van der Waals surface area contributed by atoms with Crippen molar-refractivity contribution >= 4 is 51.7 Å². The molecule has 0 fully saturated rings. The van der Waals surface area contributed by atoms with E-state index in [1.807, 2.05) is 97.1 Å². The molecular weight excluding hydrogens is 751 g/mol. The second-order valence-electron chi connectivity index (χ2n) is 15.2. The van der Waals surface area contributed by atoms with Crippen LogP contribution in [0.1, 0.15) is 55.9 Å². The number of benzene rings is 4. The first-order valence-corrected chi connectivity index (χ1v) is 19.5. The predicted octanol–water partition coefficient (Wildman–Crippen LogP) is 6.56. The van der Waals surface area contributed by atoms with Crippen molar-refractivity contribution in [2.45, 2.75) is 83.4 Å².